The second kappa shape index (κ2) is 5.65. The number of rotatable bonds is 3. The van der Waals surface area contributed by atoms with Crippen molar-refractivity contribution in [3.63, 3.8) is 0 Å². The molecule has 1 fully saturated rings. The van der Waals surface area contributed by atoms with Gasteiger partial charge in [-0.15, -0.1) is 0 Å². The first-order valence-corrected chi connectivity index (χ1v) is 7.53. The quantitative estimate of drug-likeness (QED) is 0.914. The predicted octanol–water partition coefficient (Wildman–Crippen LogP) is 3.07. The molecule has 0 saturated heterocycles. The minimum atomic E-state index is -1.08. The van der Waals surface area contributed by atoms with Crippen molar-refractivity contribution in [1.82, 2.24) is 0 Å². The van der Waals surface area contributed by atoms with Gasteiger partial charge in [0.05, 0.1) is 16.4 Å². The SMILES string of the molecule is CC1CCCC(S(=O)c2cccc(C(=O)O)c2)C1. The third-order valence-electron chi connectivity index (χ3n) is 3.50. The molecule has 0 bridgehead atoms. The van der Waals surface area contributed by atoms with Crippen LogP contribution in [0.15, 0.2) is 29.2 Å². The Balaban J connectivity index is 2.17. The van der Waals surface area contributed by atoms with E-state index >= 15 is 0 Å². The maximum atomic E-state index is 12.4. The van der Waals surface area contributed by atoms with Gasteiger partial charge in [0.25, 0.3) is 0 Å². The van der Waals surface area contributed by atoms with Crippen molar-refractivity contribution in [2.24, 2.45) is 5.92 Å². The molecule has 98 valence electrons. The lowest BCUT2D eigenvalue weighted by Crippen LogP contribution is -2.23. The Morgan fingerprint density at radius 3 is 2.83 bits per heavy atom. The zero-order chi connectivity index (χ0) is 13.1. The van der Waals surface area contributed by atoms with Crippen molar-refractivity contribution < 1.29 is 14.1 Å². The van der Waals surface area contributed by atoms with Gasteiger partial charge in [-0.1, -0.05) is 25.8 Å². The second-order valence-corrected chi connectivity index (χ2v) is 6.76. The monoisotopic (exact) mass is 266 g/mol. The third kappa shape index (κ3) is 2.99. The molecule has 0 aliphatic heterocycles. The van der Waals surface area contributed by atoms with Crippen LogP contribution in [0.5, 0.6) is 0 Å². The van der Waals surface area contributed by atoms with Crippen molar-refractivity contribution >= 4 is 16.8 Å². The predicted molar refractivity (Wildman–Crippen MR) is 71.2 cm³/mol. The van der Waals surface area contributed by atoms with E-state index in [0.29, 0.717) is 10.8 Å². The second-order valence-electron chi connectivity index (χ2n) is 5.02. The van der Waals surface area contributed by atoms with E-state index in [1.807, 2.05) is 0 Å². The average molecular weight is 266 g/mol. The van der Waals surface area contributed by atoms with Crippen LogP contribution in [-0.2, 0) is 10.8 Å². The molecule has 3 atom stereocenters. The number of hydrogen-bond donors (Lipinski definition) is 1. The average Bonchev–Trinajstić information content (AvgIpc) is 2.38. The lowest BCUT2D eigenvalue weighted by molar-refractivity contribution is 0.0696. The molecule has 1 aromatic rings. The summed E-state index contributed by atoms with van der Waals surface area (Å²) >= 11 is 0. The molecule has 0 amide bonds. The molecule has 0 spiro atoms. The molecular weight excluding hydrogens is 248 g/mol. The summed E-state index contributed by atoms with van der Waals surface area (Å²) in [5.74, 6) is -0.346. The standard InChI is InChI=1S/C14H18O3S/c1-10-4-2-6-12(8-10)18(17)13-7-3-5-11(9-13)14(15)16/h3,5,7,9-10,12H,2,4,6,8H2,1H3,(H,15,16). The molecule has 2 rings (SSSR count). The van der Waals surface area contributed by atoms with Crippen molar-refractivity contribution in [3.8, 4) is 0 Å². The summed E-state index contributed by atoms with van der Waals surface area (Å²) in [7, 11) is -1.08. The molecule has 4 heteroatoms. The molecule has 1 aliphatic carbocycles. The highest BCUT2D eigenvalue weighted by atomic mass is 32.2. The van der Waals surface area contributed by atoms with Crippen LogP contribution in [0.1, 0.15) is 43.0 Å². The maximum absolute atomic E-state index is 12.4. The Morgan fingerprint density at radius 2 is 2.17 bits per heavy atom. The van der Waals surface area contributed by atoms with E-state index in [4.69, 9.17) is 5.11 Å². The minimum Gasteiger partial charge on any atom is -0.478 e. The maximum Gasteiger partial charge on any atom is 0.335 e. The molecule has 1 saturated carbocycles. The van der Waals surface area contributed by atoms with Gasteiger partial charge >= 0.3 is 5.97 Å². The summed E-state index contributed by atoms with van der Waals surface area (Å²) in [5.41, 5.74) is 0.213. The van der Waals surface area contributed by atoms with Crippen LogP contribution in [0.25, 0.3) is 0 Å². The van der Waals surface area contributed by atoms with E-state index < -0.39 is 16.8 Å². The number of benzene rings is 1. The summed E-state index contributed by atoms with van der Waals surface area (Å²) in [6.07, 6.45) is 4.29. The van der Waals surface area contributed by atoms with Gasteiger partial charge in [0.15, 0.2) is 0 Å². The molecule has 0 heterocycles. The zero-order valence-electron chi connectivity index (χ0n) is 10.5. The molecular formula is C14H18O3S. The van der Waals surface area contributed by atoms with Crippen molar-refractivity contribution in [3.05, 3.63) is 29.8 Å². The van der Waals surface area contributed by atoms with Crippen LogP contribution in [-0.4, -0.2) is 20.5 Å². The highest BCUT2D eigenvalue weighted by molar-refractivity contribution is 7.85. The third-order valence-corrected chi connectivity index (χ3v) is 5.26. The Morgan fingerprint density at radius 1 is 1.39 bits per heavy atom. The Bertz CT molecular complexity index is 470. The number of aromatic carboxylic acids is 1. The van der Waals surface area contributed by atoms with Crippen LogP contribution in [0, 0.1) is 5.92 Å². The van der Waals surface area contributed by atoms with Gasteiger partial charge in [-0.25, -0.2) is 4.79 Å². The van der Waals surface area contributed by atoms with Crippen LogP contribution in [0.2, 0.25) is 0 Å². The molecule has 1 aromatic carbocycles. The van der Waals surface area contributed by atoms with Gasteiger partial charge in [0.2, 0.25) is 0 Å². The number of carboxylic acids is 1. The highest BCUT2D eigenvalue weighted by Crippen LogP contribution is 2.29. The molecule has 0 aromatic heterocycles. The lowest BCUT2D eigenvalue weighted by Gasteiger charge is -2.26. The fraction of sp³-hybridized carbons (Fsp3) is 0.500. The normalized spacial score (nSPS) is 25.6. The van der Waals surface area contributed by atoms with Crippen LogP contribution >= 0.6 is 0 Å². The topological polar surface area (TPSA) is 54.4 Å². The first-order valence-electron chi connectivity index (χ1n) is 6.32. The van der Waals surface area contributed by atoms with Gasteiger partial charge in [-0.3, -0.25) is 4.21 Å². The zero-order valence-corrected chi connectivity index (χ0v) is 11.3. The van der Waals surface area contributed by atoms with Gasteiger partial charge in [-0.2, -0.15) is 0 Å². The summed E-state index contributed by atoms with van der Waals surface area (Å²) in [4.78, 5) is 11.6. The van der Waals surface area contributed by atoms with E-state index in [2.05, 4.69) is 6.92 Å². The van der Waals surface area contributed by atoms with Crippen molar-refractivity contribution in [2.75, 3.05) is 0 Å². The highest BCUT2D eigenvalue weighted by Gasteiger charge is 2.25. The van der Waals surface area contributed by atoms with Gasteiger partial charge in [-0.05, 0) is 37.0 Å². The number of carboxylic acid groups (broad SMARTS) is 1. The largest absolute Gasteiger partial charge is 0.478 e. The smallest absolute Gasteiger partial charge is 0.335 e. The van der Waals surface area contributed by atoms with Crippen LogP contribution in [0.4, 0.5) is 0 Å². The molecule has 1 N–H and O–H groups in total. The molecule has 18 heavy (non-hydrogen) atoms. The Labute approximate surface area is 110 Å². The Kier molecular flexibility index (Phi) is 4.17. The molecule has 3 nitrogen and oxygen atoms in total. The first-order chi connectivity index (χ1) is 8.58. The summed E-state index contributed by atoms with van der Waals surface area (Å²) in [6, 6.07) is 6.51. The van der Waals surface area contributed by atoms with E-state index in [1.165, 1.54) is 18.6 Å². The lowest BCUT2D eigenvalue weighted by atomic mass is 9.91. The minimum absolute atomic E-state index is 0.179. The van der Waals surface area contributed by atoms with E-state index in [1.54, 1.807) is 12.1 Å². The molecule has 1 aliphatic rings. The Hall–Kier alpha value is -1.16. The first kappa shape index (κ1) is 13.3. The summed E-state index contributed by atoms with van der Waals surface area (Å²) in [5, 5.41) is 9.12. The summed E-state index contributed by atoms with van der Waals surface area (Å²) < 4.78 is 12.4. The van der Waals surface area contributed by atoms with Crippen molar-refractivity contribution in [2.45, 2.75) is 42.8 Å². The van der Waals surface area contributed by atoms with E-state index in [-0.39, 0.29) is 10.8 Å². The summed E-state index contributed by atoms with van der Waals surface area (Å²) in [6.45, 7) is 2.19. The van der Waals surface area contributed by atoms with Crippen molar-refractivity contribution in [1.29, 1.82) is 0 Å². The van der Waals surface area contributed by atoms with E-state index in [0.717, 1.165) is 19.3 Å². The molecule has 3 unspecified atom stereocenters. The van der Waals surface area contributed by atoms with E-state index in [9.17, 15) is 9.00 Å². The fourth-order valence-corrected chi connectivity index (χ4v) is 4.24. The fourth-order valence-electron chi connectivity index (χ4n) is 2.52. The van der Waals surface area contributed by atoms with Crippen LogP contribution in [0.3, 0.4) is 0 Å². The molecule has 0 radical (unpaired) electrons. The van der Waals surface area contributed by atoms with Crippen LogP contribution < -0.4 is 0 Å². The number of carbonyl (C=O) groups is 1. The van der Waals surface area contributed by atoms with Gasteiger partial charge in [0.1, 0.15) is 0 Å². The van der Waals surface area contributed by atoms with Gasteiger partial charge < -0.3 is 5.11 Å². The number of hydrogen-bond acceptors (Lipinski definition) is 2. The van der Waals surface area contributed by atoms with Gasteiger partial charge in [0, 0.05) is 10.1 Å².